The molecule has 6 nitrogen and oxygen atoms in total. The van der Waals surface area contributed by atoms with Crippen molar-refractivity contribution in [2.75, 3.05) is 45.9 Å². The summed E-state index contributed by atoms with van der Waals surface area (Å²) in [6.45, 7) is 6.52. The Balaban J connectivity index is 1.33. The van der Waals surface area contributed by atoms with E-state index in [0.29, 0.717) is 13.1 Å². The second-order valence-corrected chi connectivity index (χ2v) is 6.49. The number of amides is 2. The maximum absolute atomic E-state index is 12.4. The van der Waals surface area contributed by atoms with E-state index in [-0.39, 0.29) is 6.03 Å². The van der Waals surface area contributed by atoms with Crippen molar-refractivity contribution in [1.82, 2.24) is 20.1 Å². The molecule has 1 saturated heterocycles. The summed E-state index contributed by atoms with van der Waals surface area (Å²) in [5.74, 6) is 0. The zero-order chi connectivity index (χ0) is 16.4. The van der Waals surface area contributed by atoms with Crippen LogP contribution in [0, 0.1) is 0 Å². The molecule has 0 aliphatic carbocycles. The van der Waals surface area contributed by atoms with Gasteiger partial charge in [0.05, 0.1) is 19.8 Å². The molecule has 4 rings (SSSR count). The minimum absolute atomic E-state index is 0.0348. The van der Waals surface area contributed by atoms with Gasteiger partial charge in [0.25, 0.3) is 0 Å². The Kier molecular flexibility index (Phi) is 4.40. The minimum Gasteiger partial charge on any atom is -0.379 e. The van der Waals surface area contributed by atoms with Crippen LogP contribution in [0.1, 0.15) is 11.3 Å². The first kappa shape index (κ1) is 15.5. The first-order valence-electron chi connectivity index (χ1n) is 8.72. The highest BCUT2D eigenvalue weighted by atomic mass is 16.5. The van der Waals surface area contributed by atoms with E-state index >= 15 is 0 Å². The number of carbonyl (C=O) groups is 1. The van der Waals surface area contributed by atoms with Crippen LogP contribution in [0.4, 0.5) is 4.79 Å². The Labute approximate surface area is 141 Å². The molecule has 0 saturated carbocycles. The summed E-state index contributed by atoms with van der Waals surface area (Å²) in [6, 6.07) is 8.40. The van der Waals surface area contributed by atoms with Crippen molar-refractivity contribution in [3.05, 3.63) is 35.5 Å². The minimum atomic E-state index is 0.0348. The predicted octanol–water partition coefficient (Wildman–Crippen LogP) is 1.57. The van der Waals surface area contributed by atoms with E-state index < -0.39 is 0 Å². The fourth-order valence-corrected chi connectivity index (χ4v) is 3.62. The number of nitrogens with zero attached hydrogens (tertiary/aromatic N) is 2. The van der Waals surface area contributed by atoms with Crippen molar-refractivity contribution in [1.29, 1.82) is 0 Å². The molecule has 2 N–H and O–H groups in total. The van der Waals surface area contributed by atoms with Crippen LogP contribution >= 0.6 is 0 Å². The Morgan fingerprint density at radius 1 is 1.21 bits per heavy atom. The summed E-state index contributed by atoms with van der Waals surface area (Å²) in [5, 5.41) is 4.35. The Morgan fingerprint density at radius 3 is 2.92 bits per heavy atom. The highest BCUT2D eigenvalue weighted by molar-refractivity contribution is 5.85. The number of morpholine rings is 1. The molecular weight excluding hydrogens is 304 g/mol. The molecule has 2 aliphatic rings. The van der Waals surface area contributed by atoms with Crippen LogP contribution in [-0.2, 0) is 17.7 Å². The monoisotopic (exact) mass is 328 g/mol. The zero-order valence-electron chi connectivity index (χ0n) is 13.9. The summed E-state index contributed by atoms with van der Waals surface area (Å²) in [7, 11) is 0. The Bertz CT molecular complexity index is 721. The van der Waals surface area contributed by atoms with Crippen molar-refractivity contribution in [2.24, 2.45) is 0 Å². The highest BCUT2D eigenvalue weighted by Gasteiger charge is 2.23. The van der Waals surface area contributed by atoms with Gasteiger partial charge in [-0.25, -0.2) is 4.79 Å². The lowest BCUT2D eigenvalue weighted by molar-refractivity contribution is 0.0385. The van der Waals surface area contributed by atoms with E-state index in [1.54, 1.807) is 0 Å². The average molecular weight is 328 g/mol. The predicted molar refractivity (Wildman–Crippen MR) is 93.1 cm³/mol. The van der Waals surface area contributed by atoms with Crippen LogP contribution in [0.25, 0.3) is 10.9 Å². The van der Waals surface area contributed by atoms with E-state index in [2.05, 4.69) is 33.4 Å². The summed E-state index contributed by atoms with van der Waals surface area (Å²) < 4.78 is 5.34. The van der Waals surface area contributed by atoms with Crippen molar-refractivity contribution in [3.63, 3.8) is 0 Å². The number of aromatic nitrogens is 1. The molecule has 0 bridgehead atoms. The Hall–Kier alpha value is -2.05. The highest BCUT2D eigenvalue weighted by Crippen LogP contribution is 2.27. The molecule has 0 radical (unpaired) electrons. The van der Waals surface area contributed by atoms with Crippen molar-refractivity contribution < 1.29 is 9.53 Å². The number of hydrogen-bond donors (Lipinski definition) is 2. The first-order chi connectivity index (χ1) is 11.8. The van der Waals surface area contributed by atoms with Crippen LogP contribution in [0.5, 0.6) is 0 Å². The molecule has 0 spiro atoms. The van der Waals surface area contributed by atoms with Gasteiger partial charge in [0, 0.05) is 49.3 Å². The lowest BCUT2D eigenvalue weighted by Gasteiger charge is -2.29. The molecule has 1 fully saturated rings. The maximum atomic E-state index is 12.4. The standard InChI is InChI=1S/C18H24N4O2/c23-18(19-6-8-21-9-11-24-12-10-21)22-7-5-15-14-3-1-2-4-16(14)20-17(15)13-22/h1-4,20H,5-13H2,(H,19,23). The number of urea groups is 1. The lowest BCUT2D eigenvalue weighted by Crippen LogP contribution is -2.46. The smallest absolute Gasteiger partial charge is 0.317 e. The third-order valence-electron chi connectivity index (χ3n) is 4.98. The quantitative estimate of drug-likeness (QED) is 0.899. The zero-order valence-corrected chi connectivity index (χ0v) is 13.9. The van der Waals surface area contributed by atoms with Gasteiger partial charge in [-0.15, -0.1) is 0 Å². The molecule has 3 heterocycles. The fourth-order valence-electron chi connectivity index (χ4n) is 3.62. The summed E-state index contributed by atoms with van der Waals surface area (Å²) in [4.78, 5) is 20.1. The Morgan fingerprint density at radius 2 is 2.04 bits per heavy atom. The normalized spacial score (nSPS) is 18.6. The number of rotatable bonds is 3. The van der Waals surface area contributed by atoms with E-state index in [0.717, 1.165) is 51.3 Å². The van der Waals surface area contributed by atoms with Gasteiger partial charge in [-0.2, -0.15) is 0 Å². The summed E-state index contributed by atoms with van der Waals surface area (Å²) in [6.07, 6.45) is 0.913. The van der Waals surface area contributed by atoms with Gasteiger partial charge in [0.2, 0.25) is 0 Å². The van der Waals surface area contributed by atoms with Crippen molar-refractivity contribution in [3.8, 4) is 0 Å². The first-order valence-corrected chi connectivity index (χ1v) is 8.72. The number of H-pyrrole nitrogens is 1. The third-order valence-corrected chi connectivity index (χ3v) is 4.98. The van der Waals surface area contributed by atoms with Crippen molar-refractivity contribution in [2.45, 2.75) is 13.0 Å². The van der Waals surface area contributed by atoms with Crippen molar-refractivity contribution >= 4 is 16.9 Å². The topological polar surface area (TPSA) is 60.6 Å². The van der Waals surface area contributed by atoms with Gasteiger partial charge in [-0.3, -0.25) is 4.90 Å². The molecule has 0 unspecified atom stereocenters. The van der Waals surface area contributed by atoms with Crippen LogP contribution in [0.3, 0.4) is 0 Å². The number of aromatic amines is 1. The molecule has 1 aromatic heterocycles. The number of benzene rings is 1. The van der Waals surface area contributed by atoms with Gasteiger partial charge in [0.15, 0.2) is 0 Å². The van der Waals surface area contributed by atoms with E-state index in [1.807, 2.05) is 11.0 Å². The number of para-hydroxylation sites is 1. The van der Waals surface area contributed by atoms with Gasteiger partial charge in [-0.05, 0) is 18.1 Å². The molecule has 1 aromatic carbocycles. The van der Waals surface area contributed by atoms with Crippen LogP contribution in [0.15, 0.2) is 24.3 Å². The molecule has 6 heteroatoms. The van der Waals surface area contributed by atoms with Gasteiger partial charge >= 0.3 is 6.03 Å². The molecule has 0 atom stereocenters. The molecular formula is C18H24N4O2. The summed E-state index contributed by atoms with van der Waals surface area (Å²) >= 11 is 0. The van der Waals surface area contributed by atoms with Crippen LogP contribution < -0.4 is 5.32 Å². The van der Waals surface area contributed by atoms with E-state index in [4.69, 9.17) is 4.74 Å². The van der Waals surface area contributed by atoms with Gasteiger partial charge in [0.1, 0.15) is 0 Å². The van der Waals surface area contributed by atoms with Crippen LogP contribution in [0.2, 0.25) is 0 Å². The third kappa shape index (κ3) is 3.12. The maximum Gasteiger partial charge on any atom is 0.317 e. The second-order valence-electron chi connectivity index (χ2n) is 6.49. The van der Waals surface area contributed by atoms with Gasteiger partial charge < -0.3 is 19.9 Å². The SMILES string of the molecule is O=C(NCCN1CCOCC1)N1CCc2c([nH]c3ccccc23)C1. The number of ether oxygens (including phenoxy) is 1. The van der Waals surface area contributed by atoms with Gasteiger partial charge in [-0.1, -0.05) is 18.2 Å². The molecule has 2 aliphatic heterocycles. The summed E-state index contributed by atoms with van der Waals surface area (Å²) in [5.41, 5.74) is 3.70. The fraction of sp³-hybridized carbons (Fsp3) is 0.500. The molecule has 2 amide bonds. The largest absolute Gasteiger partial charge is 0.379 e. The number of carbonyl (C=O) groups excluding carboxylic acids is 1. The van der Waals surface area contributed by atoms with Crippen LogP contribution in [-0.4, -0.2) is 66.8 Å². The second kappa shape index (κ2) is 6.83. The molecule has 2 aromatic rings. The average Bonchev–Trinajstić information content (AvgIpc) is 3.00. The number of fused-ring (bicyclic) bond motifs is 3. The van der Waals surface area contributed by atoms with E-state index in [1.165, 1.54) is 16.6 Å². The molecule has 24 heavy (non-hydrogen) atoms. The van der Waals surface area contributed by atoms with E-state index in [9.17, 15) is 4.79 Å². The number of nitrogens with one attached hydrogen (secondary N) is 2. The number of hydrogen-bond acceptors (Lipinski definition) is 3. The lowest BCUT2D eigenvalue weighted by atomic mass is 10.0. The molecule has 128 valence electrons.